The number of hydrogen-bond donors (Lipinski definition) is 1. The van der Waals surface area contributed by atoms with Crippen molar-refractivity contribution in [3.63, 3.8) is 0 Å². The third-order valence-corrected chi connectivity index (χ3v) is 1.84. The quantitative estimate of drug-likeness (QED) is 0.472. The second-order valence-corrected chi connectivity index (χ2v) is 2.68. The van der Waals surface area contributed by atoms with Crippen LogP contribution in [0.2, 0.25) is 0 Å². The molecule has 0 aromatic carbocycles. The van der Waals surface area contributed by atoms with E-state index in [2.05, 4.69) is 31.8 Å². The Balaban J connectivity index is 3.53. The van der Waals surface area contributed by atoms with E-state index in [1.165, 1.54) is 11.1 Å². The Morgan fingerprint density at radius 1 is 1.55 bits per heavy atom. The molecule has 0 rings (SSSR count). The van der Waals surface area contributed by atoms with E-state index < -0.39 is 0 Å². The van der Waals surface area contributed by atoms with Crippen LogP contribution < -0.4 is 5.32 Å². The van der Waals surface area contributed by atoms with Gasteiger partial charge < -0.3 is 5.32 Å². The van der Waals surface area contributed by atoms with E-state index in [0.717, 1.165) is 19.5 Å². The number of nitrogens with one attached hydrogen (secondary N) is 1. The van der Waals surface area contributed by atoms with Gasteiger partial charge in [-0.3, -0.25) is 0 Å². The molecule has 0 spiro atoms. The molecule has 0 aliphatic heterocycles. The lowest BCUT2D eigenvalue weighted by Crippen LogP contribution is -2.14. The van der Waals surface area contributed by atoms with Crippen LogP contribution in [0.3, 0.4) is 0 Å². The zero-order chi connectivity index (χ0) is 8.69. The first-order valence-electron chi connectivity index (χ1n) is 4.24. The summed E-state index contributed by atoms with van der Waals surface area (Å²) in [5.41, 5.74) is 2.55. The van der Waals surface area contributed by atoms with Crippen molar-refractivity contribution in [2.75, 3.05) is 13.1 Å². The minimum atomic E-state index is 1.04. The van der Waals surface area contributed by atoms with Gasteiger partial charge in [-0.2, -0.15) is 0 Å². The maximum atomic E-state index is 3.99. The molecule has 0 radical (unpaired) electrons. The molecule has 0 heterocycles. The maximum absolute atomic E-state index is 3.99. The van der Waals surface area contributed by atoms with E-state index in [4.69, 9.17) is 0 Å². The standard InChI is InChI=1S/C10H19N/c1-5-9(3)10(4)7-8-11-6-2/h5,11H,4,6-8H2,1-3H3/b9-5-. The predicted octanol–water partition coefficient (Wildman–Crippen LogP) is 2.51. The summed E-state index contributed by atoms with van der Waals surface area (Å²) in [4.78, 5) is 0. The minimum absolute atomic E-state index is 1.04. The summed E-state index contributed by atoms with van der Waals surface area (Å²) in [5, 5.41) is 3.27. The first-order chi connectivity index (χ1) is 5.22. The van der Waals surface area contributed by atoms with Crippen LogP contribution in [-0.4, -0.2) is 13.1 Å². The number of rotatable bonds is 5. The topological polar surface area (TPSA) is 12.0 Å². The Kier molecular flexibility index (Phi) is 5.86. The van der Waals surface area contributed by atoms with Crippen LogP contribution in [0, 0.1) is 0 Å². The third kappa shape index (κ3) is 4.79. The molecule has 0 aromatic heterocycles. The lowest BCUT2D eigenvalue weighted by molar-refractivity contribution is 0.716. The Labute approximate surface area is 70.2 Å². The van der Waals surface area contributed by atoms with E-state index >= 15 is 0 Å². The molecular weight excluding hydrogens is 134 g/mol. The molecule has 0 aliphatic rings. The zero-order valence-electron chi connectivity index (χ0n) is 7.91. The Hall–Kier alpha value is -0.560. The highest BCUT2D eigenvalue weighted by molar-refractivity contribution is 5.25. The first kappa shape index (κ1) is 10.4. The van der Waals surface area contributed by atoms with Crippen molar-refractivity contribution in [3.05, 3.63) is 23.8 Å². The minimum Gasteiger partial charge on any atom is -0.317 e. The lowest BCUT2D eigenvalue weighted by Gasteiger charge is -2.05. The SMILES string of the molecule is C=C(CCNCC)/C(C)=C\C. The second-order valence-electron chi connectivity index (χ2n) is 2.68. The first-order valence-corrected chi connectivity index (χ1v) is 4.24. The summed E-state index contributed by atoms with van der Waals surface area (Å²) in [6.45, 7) is 12.3. The smallest absolute Gasteiger partial charge is 0.000858 e. The molecule has 0 aliphatic carbocycles. The van der Waals surface area contributed by atoms with Crippen molar-refractivity contribution in [1.29, 1.82) is 0 Å². The Bertz CT molecular complexity index is 145. The van der Waals surface area contributed by atoms with Crippen LogP contribution in [0.4, 0.5) is 0 Å². The summed E-state index contributed by atoms with van der Waals surface area (Å²) < 4.78 is 0. The van der Waals surface area contributed by atoms with Crippen molar-refractivity contribution in [3.8, 4) is 0 Å². The highest BCUT2D eigenvalue weighted by atomic mass is 14.8. The summed E-state index contributed by atoms with van der Waals surface area (Å²) in [5.74, 6) is 0. The van der Waals surface area contributed by atoms with Gasteiger partial charge in [-0.1, -0.05) is 30.7 Å². The normalized spacial score (nSPS) is 11.7. The molecule has 0 saturated carbocycles. The average molecular weight is 153 g/mol. The largest absolute Gasteiger partial charge is 0.317 e. The van der Waals surface area contributed by atoms with Crippen LogP contribution in [0.5, 0.6) is 0 Å². The van der Waals surface area contributed by atoms with E-state index in [1.54, 1.807) is 0 Å². The summed E-state index contributed by atoms with van der Waals surface area (Å²) >= 11 is 0. The van der Waals surface area contributed by atoms with E-state index in [1.807, 2.05) is 6.92 Å². The molecule has 0 amide bonds. The lowest BCUT2D eigenvalue weighted by atomic mass is 10.1. The van der Waals surface area contributed by atoms with Crippen LogP contribution in [0.15, 0.2) is 23.8 Å². The van der Waals surface area contributed by atoms with Crippen molar-refractivity contribution in [2.45, 2.75) is 27.2 Å². The maximum Gasteiger partial charge on any atom is -0.000858 e. The summed E-state index contributed by atoms with van der Waals surface area (Å²) in [6.07, 6.45) is 3.16. The van der Waals surface area contributed by atoms with Crippen molar-refractivity contribution in [1.82, 2.24) is 5.32 Å². The number of hydrogen-bond acceptors (Lipinski definition) is 1. The van der Waals surface area contributed by atoms with Crippen molar-refractivity contribution < 1.29 is 0 Å². The molecular formula is C10H19N. The monoisotopic (exact) mass is 153 g/mol. The van der Waals surface area contributed by atoms with Gasteiger partial charge in [0, 0.05) is 0 Å². The fraction of sp³-hybridized carbons (Fsp3) is 0.600. The number of allylic oxidation sites excluding steroid dienone is 2. The molecule has 0 aromatic rings. The van der Waals surface area contributed by atoms with Gasteiger partial charge in [0.25, 0.3) is 0 Å². The zero-order valence-corrected chi connectivity index (χ0v) is 7.91. The van der Waals surface area contributed by atoms with Gasteiger partial charge in [0.2, 0.25) is 0 Å². The van der Waals surface area contributed by atoms with Gasteiger partial charge in [0.1, 0.15) is 0 Å². The van der Waals surface area contributed by atoms with Crippen LogP contribution in [0.25, 0.3) is 0 Å². The molecule has 64 valence electrons. The van der Waals surface area contributed by atoms with Crippen molar-refractivity contribution >= 4 is 0 Å². The van der Waals surface area contributed by atoms with Gasteiger partial charge >= 0.3 is 0 Å². The van der Waals surface area contributed by atoms with E-state index in [-0.39, 0.29) is 0 Å². The fourth-order valence-electron chi connectivity index (χ4n) is 0.817. The molecule has 0 bridgehead atoms. The Morgan fingerprint density at radius 2 is 2.18 bits per heavy atom. The fourth-order valence-corrected chi connectivity index (χ4v) is 0.817. The molecule has 1 N–H and O–H groups in total. The highest BCUT2D eigenvalue weighted by Crippen LogP contribution is 2.09. The second kappa shape index (κ2) is 6.17. The predicted molar refractivity (Wildman–Crippen MR) is 51.7 cm³/mol. The molecule has 0 fully saturated rings. The summed E-state index contributed by atoms with van der Waals surface area (Å²) in [7, 11) is 0. The molecule has 11 heavy (non-hydrogen) atoms. The average Bonchev–Trinajstić information content (AvgIpc) is 2.03. The van der Waals surface area contributed by atoms with Crippen molar-refractivity contribution in [2.24, 2.45) is 0 Å². The van der Waals surface area contributed by atoms with Gasteiger partial charge in [0.15, 0.2) is 0 Å². The third-order valence-electron chi connectivity index (χ3n) is 1.84. The highest BCUT2D eigenvalue weighted by Gasteiger charge is 1.93. The van der Waals surface area contributed by atoms with E-state index in [0.29, 0.717) is 0 Å². The Morgan fingerprint density at radius 3 is 2.64 bits per heavy atom. The van der Waals surface area contributed by atoms with Gasteiger partial charge in [-0.15, -0.1) is 0 Å². The van der Waals surface area contributed by atoms with Gasteiger partial charge in [-0.05, 0) is 33.4 Å². The van der Waals surface area contributed by atoms with Gasteiger partial charge in [0.05, 0.1) is 0 Å². The van der Waals surface area contributed by atoms with Crippen LogP contribution >= 0.6 is 0 Å². The molecule has 1 nitrogen and oxygen atoms in total. The molecule has 0 saturated heterocycles. The molecule has 1 heteroatoms. The van der Waals surface area contributed by atoms with Crippen LogP contribution in [0.1, 0.15) is 27.2 Å². The van der Waals surface area contributed by atoms with Crippen LogP contribution in [-0.2, 0) is 0 Å². The molecule has 0 atom stereocenters. The summed E-state index contributed by atoms with van der Waals surface area (Å²) in [6, 6.07) is 0. The van der Waals surface area contributed by atoms with Gasteiger partial charge in [-0.25, -0.2) is 0 Å². The van der Waals surface area contributed by atoms with E-state index in [9.17, 15) is 0 Å². The molecule has 0 unspecified atom stereocenters.